The molecular formula is C19H25NO4S. The highest BCUT2D eigenvalue weighted by Crippen LogP contribution is 2.19. The number of thioether (sulfide) groups is 1. The number of rotatable bonds is 3. The number of carbonyl (C=O) groups excluding carboxylic acids is 2. The third kappa shape index (κ3) is 6.53. The molecule has 0 spiro atoms. The number of aliphatic carboxylic acids is 1. The Labute approximate surface area is 152 Å². The minimum absolute atomic E-state index is 0.0424. The van der Waals surface area contributed by atoms with Crippen LogP contribution in [0.2, 0.25) is 0 Å². The highest BCUT2D eigenvalue weighted by atomic mass is 32.2. The van der Waals surface area contributed by atoms with Crippen LogP contribution in [0.3, 0.4) is 0 Å². The van der Waals surface area contributed by atoms with Gasteiger partial charge in [0, 0.05) is 12.7 Å². The summed E-state index contributed by atoms with van der Waals surface area (Å²) in [6.45, 7) is 1.48. The Morgan fingerprint density at radius 1 is 1.24 bits per heavy atom. The van der Waals surface area contributed by atoms with Crippen LogP contribution in [-0.4, -0.2) is 33.9 Å². The number of amides is 1. The first-order valence-electron chi connectivity index (χ1n) is 8.70. The fourth-order valence-corrected chi connectivity index (χ4v) is 3.75. The average molecular weight is 363 g/mol. The van der Waals surface area contributed by atoms with Crippen LogP contribution in [-0.2, 0) is 27.2 Å². The topological polar surface area (TPSA) is 83.5 Å². The molecule has 1 aromatic carbocycles. The van der Waals surface area contributed by atoms with Crippen LogP contribution >= 0.6 is 11.8 Å². The summed E-state index contributed by atoms with van der Waals surface area (Å²) < 4.78 is 0. The first kappa shape index (κ1) is 19.5. The van der Waals surface area contributed by atoms with Crippen LogP contribution in [0.25, 0.3) is 0 Å². The molecule has 6 heteroatoms. The number of carboxylic acid groups (broad SMARTS) is 1. The van der Waals surface area contributed by atoms with Gasteiger partial charge in [-0.3, -0.25) is 9.59 Å². The summed E-state index contributed by atoms with van der Waals surface area (Å²) in [6, 6.07) is 7.32. The van der Waals surface area contributed by atoms with E-state index in [0.717, 1.165) is 43.0 Å². The second-order valence-corrected chi connectivity index (χ2v) is 7.72. The van der Waals surface area contributed by atoms with Gasteiger partial charge in [0.15, 0.2) is 5.12 Å². The molecule has 1 aliphatic rings. The van der Waals surface area contributed by atoms with Crippen molar-refractivity contribution in [2.45, 2.75) is 51.5 Å². The number of carbonyl (C=O) groups is 3. The van der Waals surface area contributed by atoms with E-state index in [1.807, 2.05) is 12.1 Å². The van der Waals surface area contributed by atoms with Gasteiger partial charge in [-0.2, -0.15) is 0 Å². The van der Waals surface area contributed by atoms with Gasteiger partial charge in [-0.05, 0) is 36.8 Å². The zero-order valence-electron chi connectivity index (χ0n) is 14.5. The number of hydrogen-bond donors (Lipinski definition) is 2. The van der Waals surface area contributed by atoms with Crippen LogP contribution in [0, 0.1) is 5.92 Å². The Balaban J connectivity index is 2.22. The van der Waals surface area contributed by atoms with E-state index < -0.39 is 17.9 Å². The van der Waals surface area contributed by atoms with E-state index in [4.69, 9.17) is 0 Å². The summed E-state index contributed by atoms with van der Waals surface area (Å²) in [4.78, 5) is 35.4. The van der Waals surface area contributed by atoms with Gasteiger partial charge in [-0.15, -0.1) is 0 Å². The van der Waals surface area contributed by atoms with Crippen molar-refractivity contribution in [3.63, 3.8) is 0 Å². The zero-order chi connectivity index (χ0) is 18.2. The largest absolute Gasteiger partial charge is 0.480 e. The molecule has 2 N–H and O–H groups in total. The van der Waals surface area contributed by atoms with Gasteiger partial charge in [-0.1, -0.05) is 48.9 Å². The van der Waals surface area contributed by atoms with E-state index >= 15 is 0 Å². The van der Waals surface area contributed by atoms with Crippen molar-refractivity contribution < 1.29 is 19.5 Å². The number of aryl methyl sites for hydroxylation is 1. The SMILES string of the molecule is CC(=O)SCC1Cc2cccc(c2)CCCCC[C@@H](C(=O)O)NC1=O. The number of hydrogen-bond acceptors (Lipinski definition) is 4. The van der Waals surface area contributed by atoms with Crippen LogP contribution in [0.1, 0.15) is 43.7 Å². The average Bonchev–Trinajstić information content (AvgIpc) is 2.57. The number of carboxylic acids is 1. The van der Waals surface area contributed by atoms with Crippen LogP contribution in [0.15, 0.2) is 24.3 Å². The Hall–Kier alpha value is -1.82. The molecule has 25 heavy (non-hydrogen) atoms. The monoisotopic (exact) mass is 363 g/mol. The predicted octanol–water partition coefficient (Wildman–Crippen LogP) is 2.81. The normalized spacial score (nSPS) is 22.0. The first-order valence-corrected chi connectivity index (χ1v) is 9.68. The van der Waals surface area contributed by atoms with Gasteiger partial charge in [0.25, 0.3) is 0 Å². The molecule has 5 nitrogen and oxygen atoms in total. The number of nitrogens with one attached hydrogen (secondary N) is 1. The van der Waals surface area contributed by atoms with Crippen molar-refractivity contribution in [1.82, 2.24) is 5.32 Å². The van der Waals surface area contributed by atoms with Gasteiger partial charge in [0.1, 0.15) is 6.04 Å². The van der Waals surface area contributed by atoms with Gasteiger partial charge in [0.05, 0.1) is 5.92 Å². The lowest BCUT2D eigenvalue weighted by Crippen LogP contribution is -2.44. The Morgan fingerprint density at radius 3 is 2.72 bits per heavy atom. The highest BCUT2D eigenvalue weighted by Gasteiger charge is 2.26. The van der Waals surface area contributed by atoms with Crippen molar-refractivity contribution >= 4 is 28.8 Å². The number of fused-ring (bicyclic) bond motifs is 2. The maximum atomic E-state index is 12.6. The molecule has 0 saturated carbocycles. The molecule has 2 rings (SSSR count). The molecular weight excluding hydrogens is 338 g/mol. The molecule has 0 fully saturated rings. The van der Waals surface area contributed by atoms with Gasteiger partial charge in [0.2, 0.25) is 5.91 Å². The summed E-state index contributed by atoms with van der Waals surface area (Å²) in [5.41, 5.74) is 2.29. The number of benzene rings is 1. The molecule has 1 aliphatic heterocycles. The molecule has 1 heterocycles. The zero-order valence-corrected chi connectivity index (χ0v) is 15.3. The van der Waals surface area contributed by atoms with E-state index in [0.29, 0.717) is 18.6 Å². The lowest BCUT2D eigenvalue weighted by Gasteiger charge is -2.20. The van der Waals surface area contributed by atoms with E-state index in [-0.39, 0.29) is 11.0 Å². The van der Waals surface area contributed by atoms with Crippen molar-refractivity contribution in [2.24, 2.45) is 5.92 Å². The summed E-state index contributed by atoms with van der Waals surface area (Å²) in [7, 11) is 0. The molecule has 1 aromatic rings. The predicted molar refractivity (Wildman–Crippen MR) is 98.5 cm³/mol. The molecule has 1 amide bonds. The molecule has 2 atom stereocenters. The molecule has 0 aromatic heterocycles. The Morgan fingerprint density at radius 2 is 2.00 bits per heavy atom. The fourth-order valence-electron chi connectivity index (χ4n) is 3.04. The van der Waals surface area contributed by atoms with Crippen molar-refractivity contribution in [1.29, 1.82) is 0 Å². The van der Waals surface area contributed by atoms with E-state index in [1.54, 1.807) is 0 Å². The summed E-state index contributed by atoms with van der Waals surface area (Å²) in [5.74, 6) is -1.35. The third-order valence-corrected chi connectivity index (χ3v) is 5.38. The maximum absolute atomic E-state index is 12.6. The fraction of sp³-hybridized carbons (Fsp3) is 0.526. The maximum Gasteiger partial charge on any atom is 0.326 e. The van der Waals surface area contributed by atoms with Gasteiger partial charge in [-0.25, -0.2) is 4.79 Å². The minimum atomic E-state index is -0.998. The Kier molecular flexibility index (Phi) is 7.50. The summed E-state index contributed by atoms with van der Waals surface area (Å²) >= 11 is 1.11. The van der Waals surface area contributed by atoms with E-state index in [1.165, 1.54) is 12.5 Å². The standard InChI is InChI=1S/C19H25NO4S/c1-13(21)25-12-16-11-15-8-5-7-14(10-15)6-3-2-4-9-17(19(23)24)20-18(16)22/h5,7-8,10,16-17H,2-4,6,9,11-12H2,1H3,(H,20,22)(H,23,24)/t16?,17-/m0/s1. The Bertz CT molecular complexity index is 632. The lowest BCUT2D eigenvalue weighted by molar-refractivity contribution is -0.142. The molecule has 136 valence electrons. The quantitative estimate of drug-likeness (QED) is 0.863. The third-order valence-electron chi connectivity index (χ3n) is 4.40. The minimum Gasteiger partial charge on any atom is -0.480 e. The van der Waals surface area contributed by atoms with Crippen LogP contribution in [0.5, 0.6) is 0 Å². The van der Waals surface area contributed by atoms with Crippen molar-refractivity contribution in [3.8, 4) is 0 Å². The second kappa shape index (κ2) is 9.61. The van der Waals surface area contributed by atoms with E-state index in [9.17, 15) is 19.5 Å². The van der Waals surface area contributed by atoms with Crippen molar-refractivity contribution in [3.05, 3.63) is 35.4 Å². The lowest BCUT2D eigenvalue weighted by atomic mass is 9.97. The van der Waals surface area contributed by atoms with Crippen LogP contribution in [0.4, 0.5) is 0 Å². The van der Waals surface area contributed by atoms with Crippen molar-refractivity contribution in [2.75, 3.05) is 5.75 Å². The molecule has 0 saturated heterocycles. The van der Waals surface area contributed by atoms with Gasteiger partial charge < -0.3 is 10.4 Å². The van der Waals surface area contributed by atoms with Gasteiger partial charge >= 0.3 is 5.97 Å². The van der Waals surface area contributed by atoms with Crippen LogP contribution < -0.4 is 5.32 Å². The summed E-state index contributed by atoms with van der Waals surface area (Å²) in [6.07, 6.45) is 4.61. The highest BCUT2D eigenvalue weighted by molar-refractivity contribution is 8.13. The molecule has 0 radical (unpaired) electrons. The molecule has 1 unspecified atom stereocenters. The summed E-state index contributed by atoms with van der Waals surface area (Å²) in [5, 5.41) is 12.0. The van der Waals surface area contributed by atoms with E-state index in [2.05, 4.69) is 17.4 Å². The smallest absolute Gasteiger partial charge is 0.326 e. The first-order chi connectivity index (χ1) is 12.0. The molecule has 0 aliphatic carbocycles. The molecule has 2 bridgehead atoms. The second-order valence-electron chi connectivity index (χ2n) is 6.52.